The van der Waals surface area contributed by atoms with Crippen LogP contribution in [0.1, 0.15) is 42.4 Å². The molecule has 0 radical (unpaired) electrons. The van der Waals surface area contributed by atoms with Gasteiger partial charge in [0.1, 0.15) is 23.3 Å². The number of nitrogens with zero attached hydrogens (tertiary/aromatic N) is 4. The largest absolute Gasteiger partial charge is 0.442 e. The lowest BCUT2D eigenvalue weighted by atomic mass is 10.1. The van der Waals surface area contributed by atoms with E-state index in [9.17, 15) is 9.59 Å². The van der Waals surface area contributed by atoms with Crippen molar-refractivity contribution in [2.45, 2.75) is 39.8 Å². The summed E-state index contributed by atoms with van der Waals surface area (Å²) in [6.07, 6.45) is 3.89. The number of fused-ring (bicyclic) bond motifs is 1. The van der Waals surface area contributed by atoms with Crippen LogP contribution in [0, 0.1) is 6.92 Å². The van der Waals surface area contributed by atoms with Crippen LogP contribution in [0.3, 0.4) is 0 Å². The number of nitrogens with one attached hydrogen (secondary N) is 1. The number of aromatic nitrogens is 4. The van der Waals surface area contributed by atoms with Crippen molar-refractivity contribution >= 4 is 22.8 Å². The van der Waals surface area contributed by atoms with E-state index in [1.165, 1.54) is 10.9 Å². The maximum atomic E-state index is 12.9. The lowest BCUT2D eigenvalue weighted by molar-refractivity contribution is 0.102. The van der Waals surface area contributed by atoms with Crippen molar-refractivity contribution in [3.05, 3.63) is 40.3 Å². The van der Waals surface area contributed by atoms with Crippen molar-refractivity contribution in [2.24, 2.45) is 0 Å². The van der Waals surface area contributed by atoms with E-state index >= 15 is 0 Å². The first-order chi connectivity index (χ1) is 13.0. The highest BCUT2D eigenvalue weighted by Gasteiger charge is 2.24. The fourth-order valence-electron chi connectivity index (χ4n) is 2.88. The Balaban J connectivity index is 2.01. The molecule has 3 heterocycles. The molecule has 0 fully saturated rings. The number of carbonyl (C=O) groups excluding carboxylic acids is 1. The van der Waals surface area contributed by atoms with Crippen LogP contribution in [0.5, 0.6) is 0 Å². The summed E-state index contributed by atoms with van der Waals surface area (Å²) in [6, 6.07) is 1.85. The van der Waals surface area contributed by atoms with Gasteiger partial charge in [0, 0.05) is 13.2 Å². The molecule has 1 amide bonds. The van der Waals surface area contributed by atoms with Gasteiger partial charge in [-0.3, -0.25) is 14.2 Å². The molecule has 27 heavy (non-hydrogen) atoms. The van der Waals surface area contributed by atoms with Gasteiger partial charge in [-0.2, -0.15) is 5.10 Å². The van der Waals surface area contributed by atoms with Gasteiger partial charge >= 0.3 is 0 Å². The third kappa shape index (κ3) is 3.50. The summed E-state index contributed by atoms with van der Waals surface area (Å²) < 4.78 is 13.7. The topological polar surface area (TPSA) is 104 Å². The van der Waals surface area contributed by atoms with E-state index in [4.69, 9.17) is 9.15 Å². The fraction of sp³-hybridized carbons (Fsp3) is 0.444. The molecule has 9 nitrogen and oxygen atoms in total. The van der Waals surface area contributed by atoms with Crippen LogP contribution in [-0.2, 0) is 11.3 Å². The van der Waals surface area contributed by atoms with Gasteiger partial charge in [-0.05, 0) is 20.3 Å². The first-order valence-electron chi connectivity index (χ1n) is 8.80. The van der Waals surface area contributed by atoms with Gasteiger partial charge in [0.05, 0.1) is 31.0 Å². The summed E-state index contributed by atoms with van der Waals surface area (Å²) in [5, 5.41) is 7.25. The van der Waals surface area contributed by atoms with E-state index in [1.807, 2.05) is 13.8 Å². The Morgan fingerprint density at radius 1 is 1.44 bits per heavy atom. The van der Waals surface area contributed by atoms with E-state index in [0.717, 1.165) is 6.42 Å². The van der Waals surface area contributed by atoms with Gasteiger partial charge in [0.25, 0.3) is 11.5 Å². The summed E-state index contributed by atoms with van der Waals surface area (Å²) in [6.45, 7) is 6.39. The van der Waals surface area contributed by atoms with Crippen LogP contribution in [0.4, 0.5) is 5.82 Å². The molecule has 0 aromatic carbocycles. The lowest BCUT2D eigenvalue weighted by Gasteiger charge is -2.14. The molecule has 1 atom stereocenters. The van der Waals surface area contributed by atoms with E-state index < -0.39 is 5.91 Å². The number of rotatable bonds is 7. The third-order valence-corrected chi connectivity index (χ3v) is 4.54. The average molecular weight is 373 g/mol. The molecule has 0 saturated heterocycles. The van der Waals surface area contributed by atoms with E-state index in [1.54, 1.807) is 31.0 Å². The number of anilines is 1. The van der Waals surface area contributed by atoms with Gasteiger partial charge in [-0.1, -0.05) is 6.92 Å². The number of carbonyl (C=O) groups is 1. The standard InChI is InChI=1S/C18H23N5O4/c1-5-11(2)23-13(6-7-20-23)21-16(24)14-12(3)27-17-15(14)18(25)22(10-19-17)8-9-26-4/h6-7,10-11H,5,8-9H2,1-4H3,(H,21,24). The average Bonchev–Trinajstić information content (AvgIpc) is 3.24. The highest BCUT2D eigenvalue weighted by Crippen LogP contribution is 2.23. The molecule has 3 aromatic rings. The van der Waals surface area contributed by atoms with Crippen molar-refractivity contribution in [3.8, 4) is 0 Å². The van der Waals surface area contributed by atoms with Crippen LogP contribution in [0.2, 0.25) is 0 Å². The monoisotopic (exact) mass is 373 g/mol. The zero-order chi connectivity index (χ0) is 19.6. The van der Waals surface area contributed by atoms with Crippen molar-refractivity contribution in [2.75, 3.05) is 19.0 Å². The highest BCUT2D eigenvalue weighted by atomic mass is 16.5. The summed E-state index contributed by atoms with van der Waals surface area (Å²) in [5.74, 6) is 0.470. The second-order valence-corrected chi connectivity index (χ2v) is 6.32. The SMILES string of the molecule is CCC(C)n1nccc1NC(=O)c1c(C)oc2ncn(CCOC)c(=O)c12. The fourth-order valence-corrected chi connectivity index (χ4v) is 2.88. The number of furan rings is 1. The minimum Gasteiger partial charge on any atom is -0.442 e. The second-order valence-electron chi connectivity index (χ2n) is 6.32. The summed E-state index contributed by atoms with van der Waals surface area (Å²) in [4.78, 5) is 29.9. The normalized spacial score (nSPS) is 12.4. The van der Waals surface area contributed by atoms with Gasteiger partial charge in [0.15, 0.2) is 0 Å². The first-order valence-corrected chi connectivity index (χ1v) is 8.80. The predicted octanol–water partition coefficient (Wildman–Crippen LogP) is 2.36. The molecule has 1 unspecified atom stereocenters. The van der Waals surface area contributed by atoms with Crippen molar-refractivity contribution < 1.29 is 13.9 Å². The van der Waals surface area contributed by atoms with Gasteiger partial charge in [0.2, 0.25) is 5.71 Å². The van der Waals surface area contributed by atoms with Crippen molar-refractivity contribution in [1.29, 1.82) is 0 Å². The molecule has 144 valence electrons. The highest BCUT2D eigenvalue weighted by molar-refractivity contribution is 6.12. The van der Waals surface area contributed by atoms with E-state index in [-0.39, 0.29) is 28.3 Å². The second kappa shape index (κ2) is 7.75. The number of hydrogen-bond donors (Lipinski definition) is 1. The molecule has 1 N–H and O–H groups in total. The van der Waals surface area contributed by atoms with E-state index in [2.05, 4.69) is 15.4 Å². The zero-order valence-electron chi connectivity index (χ0n) is 15.9. The Kier molecular flexibility index (Phi) is 5.41. The smallest absolute Gasteiger partial charge is 0.265 e. The molecule has 0 aliphatic heterocycles. The minimum absolute atomic E-state index is 0.130. The summed E-state index contributed by atoms with van der Waals surface area (Å²) in [7, 11) is 1.55. The van der Waals surface area contributed by atoms with Crippen LogP contribution in [0.25, 0.3) is 11.1 Å². The Morgan fingerprint density at radius 3 is 2.93 bits per heavy atom. The van der Waals surface area contributed by atoms with E-state index in [0.29, 0.717) is 24.7 Å². The van der Waals surface area contributed by atoms with Gasteiger partial charge < -0.3 is 14.5 Å². The van der Waals surface area contributed by atoms with Crippen molar-refractivity contribution in [1.82, 2.24) is 19.3 Å². The summed E-state index contributed by atoms with van der Waals surface area (Å²) >= 11 is 0. The quantitative estimate of drug-likeness (QED) is 0.682. The Hall–Kier alpha value is -2.94. The minimum atomic E-state index is -0.431. The molecular formula is C18H23N5O4. The third-order valence-electron chi connectivity index (χ3n) is 4.54. The number of hydrogen-bond acceptors (Lipinski definition) is 6. The lowest BCUT2D eigenvalue weighted by Crippen LogP contribution is -2.25. The maximum Gasteiger partial charge on any atom is 0.265 e. The van der Waals surface area contributed by atoms with Crippen molar-refractivity contribution in [3.63, 3.8) is 0 Å². The Morgan fingerprint density at radius 2 is 2.22 bits per heavy atom. The Bertz CT molecular complexity index is 1020. The van der Waals surface area contributed by atoms with Gasteiger partial charge in [-0.15, -0.1) is 0 Å². The molecule has 0 aliphatic rings. The number of amides is 1. The predicted molar refractivity (Wildman–Crippen MR) is 100 cm³/mol. The molecule has 9 heteroatoms. The van der Waals surface area contributed by atoms with Gasteiger partial charge in [-0.25, -0.2) is 9.67 Å². The number of aryl methyl sites for hydroxylation is 1. The maximum absolute atomic E-state index is 12.9. The van der Waals surface area contributed by atoms with Crippen LogP contribution >= 0.6 is 0 Å². The number of methoxy groups -OCH3 is 1. The molecule has 0 bridgehead atoms. The first kappa shape index (κ1) is 18.8. The van der Waals surface area contributed by atoms with Crippen LogP contribution in [0.15, 0.2) is 27.8 Å². The summed E-state index contributed by atoms with van der Waals surface area (Å²) in [5.41, 5.74) is -0.00703. The van der Waals surface area contributed by atoms with Crippen LogP contribution < -0.4 is 10.9 Å². The Labute approximate surface area is 155 Å². The molecule has 0 saturated carbocycles. The number of ether oxygens (including phenoxy) is 1. The zero-order valence-corrected chi connectivity index (χ0v) is 15.9. The molecule has 3 aromatic heterocycles. The molecular weight excluding hydrogens is 350 g/mol. The molecule has 0 spiro atoms. The van der Waals surface area contributed by atoms with Crippen LogP contribution in [-0.4, -0.2) is 39.0 Å². The molecule has 3 rings (SSSR count). The molecule has 0 aliphatic carbocycles.